The van der Waals surface area contributed by atoms with Crippen LogP contribution in [0.5, 0.6) is 0 Å². The standard InChI is InChI=1S/C6H13NO5/c7-3-4(9)2(1-8)12-6(11)5(3)10/h2-6,8-11H,1,7H2/t2-,3+,4+,5-,6+/m1/s1. The lowest BCUT2D eigenvalue weighted by Crippen LogP contribution is -2.62. The SMILES string of the molecule is N[C@@H]1[C@@H](O)[C@@H](O)O[C@H](CO)[C@@H]1O. The third kappa shape index (κ3) is 1.58. The summed E-state index contributed by atoms with van der Waals surface area (Å²) in [4.78, 5) is 0. The predicted octanol–water partition coefficient (Wildman–Crippen LogP) is -3.26. The molecule has 1 heterocycles. The van der Waals surface area contributed by atoms with Gasteiger partial charge in [-0.15, -0.1) is 0 Å². The zero-order chi connectivity index (χ0) is 9.30. The summed E-state index contributed by atoms with van der Waals surface area (Å²) >= 11 is 0. The van der Waals surface area contributed by atoms with Gasteiger partial charge >= 0.3 is 0 Å². The van der Waals surface area contributed by atoms with Crippen molar-refractivity contribution >= 4 is 0 Å². The topological polar surface area (TPSA) is 116 Å². The summed E-state index contributed by atoms with van der Waals surface area (Å²) in [5.74, 6) is 0. The Morgan fingerprint density at radius 3 is 2.25 bits per heavy atom. The minimum Gasteiger partial charge on any atom is -0.394 e. The van der Waals surface area contributed by atoms with E-state index in [0.717, 1.165) is 0 Å². The Kier molecular flexibility index (Phi) is 2.99. The maximum absolute atomic E-state index is 9.24. The van der Waals surface area contributed by atoms with Gasteiger partial charge < -0.3 is 30.9 Å². The van der Waals surface area contributed by atoms with Crippen molar-refractivity contribution in [3.63, 3.8) is 0 Å². The van der Waals surface area contributed by atoms with Crippen molar-refractivity contribution in [2.75, 3.05) is 6.61 Å². The van der Waals surface area contributed by atoms with Gasteiger partial charge in [-0.3, -0.25) is 0 Å². The average Bonchev–Trinajstić information content (AvgIpc) is 2.08. The van der Waals surface area contributed by atoms with Gasteiger partial charge in [0.25, 0.3) is 0 Å². The van der Waals surface area contributed by atoms with Crippen molar-refractivity contribution in [2.24, 2.45) is 5.73 Å². The van der Waals surface area contributed by atoms with E-state index in [1.54, 1.807) is 0 Å². The lowest BCUT2D eigenvalue weighted by atomic mass is 9.97. The molecular formula is C6H13NO5. The Labute approximate surface area is 69.2 Å². The summed E-state index contributed by atoms with van der Waals surface area (Å²) in [5, 5.41) is 36.0. The molecule has 1 rings (SSSR count). The maximum atomic E-state index is 9.24. The van der Waals surface area contributed by atoms with Gasteiger partial charge in [0, 0.05) is 0 Å². The number of rotatable bonds is 1. The lowest BCUT2D eigenvalue weighted by molar-refractivity contribution is -0.258. The molecule has 6 heteroatoms. The highest BCUT2D eigenvalue weighted by molar-refractivity contribution is 4.90. The molecule has 0 bridgehead atoms. The molecule has 0 saturated carbocycles. The summed E-state index contributed by atoms with van der Waals surface area (Å²) in [5.41, 5.74) is 5.33. The third-order valence-electron chi connectivity index (χ3n) is 1.96. The van der Waals surface area contributed by atoms with Gasteiger partial charge in [0.1, 0.15) is 18.3 Å². The number of hydrogen-bond donors (Lipinski definition) is 5. The number of nitrogens with two attached hydrogens (primary N) is 1. The van der Waals surface area contributed by atoms with E-state index in [0.29, 0.717) is 0 Å². The zero-order valence-electron chi connectivity index (χ0n) is 6.37. The summed E-state index contributed by atoms with van der Waals surface area (Å²) < 4.78 is 4.66. The zero-order valence-corrected chi connectivity index (χ0v) is 6.37. The summed E-state index contributed by atoms with van der Waals surface area (Å²) in [7, 11) is 0. The smallest absolute Gasteiger partial charge is 0.183 e. The van der Waals surface area contributed by atoms with Crippen molar-refractivity contribution in [3.05, 3.63) is 0 Å². The normalized spacial score (nSPS) is 49.2. The van der Waals surface area contributed by atoms with E-state index in [4.69, 9.17) is 21.1 Å². The Morgan fingerprint density at radius 1 is 1.17 bits per heavy atom. The molecule has 0 spiro atoms. The quantitative estimate of drug-likeness (QED) is 0.288. The fourth-order valence-corrected chi connectivity index (χ4v) is 1.13. The Balaban J connectivity index is 2.63. The van der Waals surface area contributed by atoms with Gasteiger partial charge in [0.15, 0.2) is 6.29 Å². The first-order valence-corrected chi connectivity index (χ1v) is 3.64. The van der Waals surface area contributed by atoms with Crippen molar-refractivity contribution < 1.29 is 25.2 Å². The molecule has 1 aliphatic heterocycles. The van der Waals surface area contributed by atoms with Gasteiger partial charge in [-0.05, 0) is 0 Å². The largest absolute Gasteiger partial charge is 0.394 e. The second-order valence-electron chi connectivity index (χ2n) is 2.81. The lowest BCUT2D eigenvalue weighted by Gasteiger charge is -2.38. The maximum Gasteiger partial charge on any atom is 0.183 e. The molecule has 0 aromatic carbocycles. The molecule has 0 aliphatic carbocycles. The summed E-state index contributed by atoms with van der Waals surface area (Å²) in [6.45, 7) is -0.446. The van der Waals surface area contributed by atoms with E-state index >= 15 is 0 Å². The molecule has 0 amide bonds. The number of hydrogen-bond acceptors (Lipinski definition) is 6. The summed E-state index contributed by atoms with van der Waals surface area (Å²) in [6, 6.07) is -0.995. The molecule has 0 unspecified atom stereocenters. The van der Waals surface area contributed by atoms with Crippen molar-refractivity contribution in [1.29, 1.82) is 0 Å². The molecule has 0 aromatic heterocycles. The predicted molar refractivity (Wildman–Crippen MR) is 38.0 cm³/mol. The van der Waals surface area contributed by atoms with Crippen LogP contribution in [-0.2, 0) is 4.74 Å². The van der Waals surface area contributed by atoms with Crippen LogP contribution < -0.4 is 5.73 Å². The van der Waals surface area contributed by atoms with E-state index in [2.05, 4.69) is 4.74 Å². The van der Waals surface area contributed by atoms with Crippen molar-refractivity contribution in [1.82, 2.24) is 0 Å². The molecule has 1 saturated heterocycles. The van der Waals surface area contributed by atoms with Crippen LogP contribution in [0.2, 0.25) is 0 Å². The Bertz CT molecular complexity index is 150. The third-order valence-corrected chi connectivity index (χ3v) is 1.96. The van der Waals surface area contributed by atoms with E-state index in [9.17, 15) is 5.11 Å². The fourth-order valence-electron chi connectivity index (χ4n) is 1.13. The highest BCUT2D eigenvalue weighted by Crippen LogP contribution is 2.17. The number of aliphatic hydroxyl groups excluding tert-OH is 4. The second-order valence-corrected chi connectivity index (χ2v) is 2.81. The first-order valence-electron chi connectivity index (χ1n) is 3.64. The van der Waals surface area contributed by atoms with Gasteiger partial charge in [0.2, 0.25) is 0 Å². The molecule has 6 N–H and O–H groups in total. The van der Waals surface area contributed by atoms with Gasteiger partial charge in [-0.1, -0.05) is 0 Å². The van der Waals surface area contributed by atoms with Crippen LogP contribution in [0, 0.1) is 0 Å². The van der Waals surface area contributed by atoms with Gasteiger partial charge in [-0.2, -0.15) is 0 Å². The van der Waals surface area contributed by atoms with E-state index in [-0.39, 0.29) is 0 Å². The van der Waals surface area contributed by atoms with Crippen LogP contribution in [-0.4, -0.2) is 57.7 Å². The molecule has 1 fully saturated rings. The Morgan fingerprint density at radius 2 is 1.75 bits per heavy atom. The second kappa shape index (κ2) is 3.65. The molecule has 6 nitrogen and oxygen atoms in total. The monoisotopic (exact) mass is 179 g/mol. The van der Waals surface area contributed by atoms with Crippen LogP contribution in [0.1, 0.15) is 0 Å². The van der Waals surface area contributed by atoms with Crippen molar-refractivity contribution in [2.45, 2.75) is 30.6 Å². The molecule has 72 valence electrons. The minimum atomic E-state index is -1.44. The first kappa shape index (κ1) is 9.85. The number of ether oxygens (including phenoxy) is 1. The summed E-state index contributed by atoms with van der Waals surface area (Å²) in [6.07, 6.45) is -4.85. The molecule has 0 radical (unpaired) electrons. The molecule has 12 heavy (non-hydrogen) atoms. The molecule has 5 atom stereocenters. The van der Waals surface area contributed by atoms with Crippen LogP contribution in [0.4, 0.5) is 0 Å². The minimum absolute atomic E-state index is 0.446. The highest BCUT2D eigenvalue weighted by atomic mass is 16.6. The van der Waals surface area contributed by atoms with Crippen LogP contribution in [0.25, 0.3) is 0 Å². The van der Waals surface area contributed by atoms with E-state index in [1.807, 2.05) is 0 Å². The highest BCUT2D eigenvalue weighted by Gasteiger charge is 2.41. The van der Waals surface area contributed by atoms with Crippen LogP contribution in [0.15, 0.2) is 0 Å². The average molecular weight is 179 g/mol. The Hall–Kier alpha value is -0.240. The molecule has 1 aliphatic rings. The van der Waals surface area contributed by atoms with E-state index in [1.165, 1.54) is 0 Å². The van der Waals surface area contributed by atoms with Crippen molar-refractivity contribution in [3.8, 4) is 0 Å². The van der Waals surface area contributed by atoms with Crippen LogP contribution >= 0.6 is 0 Å². The first-order chi connectivity index (χ1) is 5.57. The van der Waals surface area contributed by atoms with E-state index < -0.39 is 37.3 Å². The van der Waals surface area contributed by atoms with Gasteiger partial charge in [-0.25, -0.2) is 0 Å². The fraction of sp³-hybridized carbons (Fsp3) is 1.00. The van der Waals surface area contributed by atoms with Crippen LogP contribution in [0.3, 0.4) is 0 Å². The molecule has 0 aromatic rings. The number of aliphatic hydroxyl groups is 4. The molecular weight excluding hydrogens is 166 g/mol. The van der Waals surface area contributed by atoms with Gasteiger partial charge in [0.05, 0.1) is 12.6 Å².